The molecular formula is C20H25FN4O. The summed E-state index contributed by atoms with van der Waals surface area (Å²) in [5, 5.41) is 8.13. The maximum absolute atomic E-state index is 13.2. The van der Waals surface area contributed by atoms with Crippen molar-refractivity contribution in [1.29, 1.82) is 0 Å². The summed E-state index contributed by atoms with van der Waals surface area (Å²) in [6.07, 6.45) is 1.70. The third kappa shape index (κ3) is 3.86. The van der Waals surface area contributed by atoms with E-state index in [0.717, 1.165) is 34.9 Å². The van der Waals surface area contributed by atoms with Gasteiger partial charge in [-0.1, -0.05) is 0 Å². The van der Waals surface area contributed by atoms with Gasteiger partial charge in [0.2, 0.25) is 0 Å². The van der Waals surface area contributed by atoms with E-state index >= 15 is 0 Å². The van der Waals surface area contributed by atoms with Gasteiger partial charge in [-0.3, -0.25) is 4.90 Å². The number of aryl methyl sites for hydroxylation is 1. The van der Waals surface area contributed by atoms with Gasteiger partial charge in [-0.05, 0) is 64.3 Å². The lowest BCUT2D eigenvalue weighted by atomic mass is 10.1. The van der Waals surface area contributed by atoms with Crippen LogP contribution in [0.25, 0.3) is 5.69 Å². The normalized spacial score (nSPS) is 12.7. The van der Waals surface area contributed by atoms with Crippen LogP contribution in [0.15, 0.2) is 47.1 Å². The van der Waals surface area contributed by atoms with Gasteiger partial charge >= 0.3 is 0 Å². The van der Waals surface area contributed by atoms with Crippen LogP contribution in [-0.4, -0.2) is 35.3 Å². The van der Waals surface area contributed by atoms with Gasteiger partial charge in [0, 0.05) is 24.3 Å². The molecule has 26 heavy (non-hydrogen) atoms. The predicted molar refractivity (Wildman–Crippen MR) is 99.8 cm³/mol. The van der Waals surface area contributed by atoms with Crippen LogP contribution in [0.5, 0.6) is 0 Å². The molecule has 1 aromatic carbocycles. The van der Waals surface area contributed by atoms with Crippen molar-refractivity contribution < 1.29 is 8.81 Å². The standard InChI is InChI=1S/C20H25FN4O/c1-14-18(12-22-13-19(24(3)4)20-6-5-11-26-20)15(2)25(23-14)17-9-7-16(21)8-10-17/h5-11,19,22H,12-13H2,1-4H3. The molecule has 0 aliphatic carbocycles. The second kappa shape index (κ2) is 7.85. The number of benzene rings is 1. The van der Waals surface area contributed by atoms with Gasteiger partial charge in [-0.15, -0.1) is 0 Å². The summed E-state index contributed by atoms with van der Waals surface area (Å²) < 4.78 is 20.6. The number of nitrogens with one attached hydrogen (secondary N) is 1. The molecule has 0 bridgehead atoms. The van der Waals surface area contributed by atoms with Crippen LogP contribution >= 0.6 is 0 Å². The van der Waals surface area contributed by atoms with E-state index in [1.54, 1.807) is 18.4 Å². The number of hydrogen-bond acceptors (Lipinski definition) is 4. The number of rotatable bonds is 7. The predicted octanol–water partition coefficient (Wildman–Crippen LogP) is 3.61. The molecule has 0 aliphatic heterocycles. The van der Waals surface area contributed by atoms with Crippen molar-refractivity contribution in [2.75, 3.05) is 20.6 Å². The van der Waals surface area contributed by atoms with Gasteiger partial charge in [0.05, 0.1) is 23.7 Å². The zero-order chi connectivity index (χ0) is 18.7. The number of nitrogens with zero attached hydrogens (tertiary/aromatic N) is 3. The molecule has 138 valence electrons. The average Bonchev–Trinajstić information content (AvgIpc) is 3.22. The Balaban J connectivity index is 1.71. The fourth-order valence-electron chi connectivity index (χ4n) is 3.12. The van der Waals surface area contributed by atoms with Crippen molar-refractivity contribution in [2.24, 2.45) is 0 Å². The summed E-state index contributed by atoms with van der Waals surface area (Å²) in [5.41, 5.74) is 4.05. The Morgan fingerprint density at radius 1 is 1.19 bits per heavy atom. The van der Waals surface area contributed by atoms with Crippen LogP contribution in [0.2, 0.25) is 0 Å². The molecule has 0 radical (unpaired) electrons. The molecular weight excluding hydrogens is 331 g/mol. The smallest absolute Gasteiger partial charge is 0.123 e. The third-order valence-corrected chi connectivity index (χ3v) is 4.65. The molecule has 3 aromatic rings. The molecule has 1 unspecified atom stereocenters. The van der Waals surface area contributed by atoms with Crippen LogP contribution in [0, 0.1) is 19.7 Å². The number of hydrogen-bond donors (Lipinski definition) is 1. The maximum Gasteiger partial charge on any atom is 0.123 e. The monoisotopic (exact) mass is 356 g/mol. The quantitative estimate of drug-likeness (QED) is 0.702. The minimum Gasteiger partial charge on any atom is -0.468 e. The number of aromatic nitrogens is 2. The van der Waals surface area contributed by atoms with E-state index in [2.05, 4.69) is 15.3 Å². The van der Waals surface area contributed by atoms with Crippen molar-refractivity contribution in [1.82, 2.24) is 20.0 Å². The molecule has 2 aromatic heterocycles. The summed E-state index contributed by atoms with van der Waals surface area (Å²) in [7, 11) is 4.08. The Morgan fingerprint density at radius 2 is 1.92 bits per heavy atom. The van der Waals surface area contributed by atoms with Crippen LogP contribution in [-0.2, 0) is 6.54 Å². The van der Waals surface area contributed by atoms with E-state index in [9.17, 15) is 4.39 Å². The molecule has 0 amide bonds. The van der Waals surface area contributed by atoms with E-state index in [1.807, 2.05) is 44.8 Å². The number of halogens is 1. The van der Waals surface area contributed by atoms with Crippen LogP contribution < -0.4 is 5.32 Å². The summed E-state index contributed by atoms with van der Waals surface area (Å²) in [4.78, 5) is 2.13. The van der Waals surface area contributed by atoms with Gasteiger partial charge < -0.3 is 9.73 Å². The summed E-state index contributed by atoms with van der Waals surface area (Å²) in [5.74, 6) is 0.697. The molecule has 0 aliphatic rings. The molecule has 6 heteroatoms. The summed E-state index contributed by atoms with van der Waals surface area (Å²) in [6, 6.07) is 10.5. The molecule has 0 saturated carbocycles. The van der Waals surface area contributed by atoms with Crippen LogP contribution in [0.3, 0.4) is 0 Å². The Bertz CT molecular complexity index is 838. The Hall–Kier alpha value is -2.44. The van der Waals surface area contributed by atoms with Crippen molar-refractivity contribution >= 4 is 0 Å². The first-order chi connectivity index (χ1) is 12.5. The third-order valence-electron chi connectivity index (χ3n) is 4.65. The van der Waals surface area contributed by atoms with E-state index in [1.165, 1.54) is 12.1 Å². The van der Waals surface area contributed by atoms with Gasteiger partial charge in [0.15, 0.2) is 0 Å². The minimum atomic E-state index is -0.246. The fourth-order valence-corrected chi connectivity index (χ4v) is 3.12. The summed E-state index contributed by atoms with van der Waals surface area (Å²) in [6.45, 7) is 5.52. The van der Waals surface area contributed by atoms with E-state index < -0.39 is 0 Å². The Labute approximate surface area is 153 Å². The highest BCUT2D eigenvalue weighted by Gasteiger charge is 2.18. The lowest BCUT2D eigenvalue weighted by Gasteiger charge is -2.22. The molecule has 0 fully saturated rings. The SMILES string of the molecule is Cc1nn(-c2ccc(F)cc2)c(C)c1CNCC(c1ccco1)N(C)C. The van der Waals surface area contributed by atoms with Gasteiger partial charge in [0.1, 0.15) is 11.6 Å². The summed E-state index contributed by atoms with van der Waals surface area (Å²) >= 11 is 0. The molecule has 0 saturated heterocycles. The van der Waals surface area contributed by atoms with Crippen LogP contribution in [0.1, 0.15) is 28.8 Å². The maximum atomic E-state index is 13.2. The molecule has 2 heterocycles. The lowest BCUT2D eigenvalue weighted by molar-refractivity contribution is 0.250. The Kier molecular flexibility index (Phi) is 5.54. The van der Waals surface area contributed by atoms with Gasteiger partial charge in [0.25, 0.3) is 0 Å². The zero-order valence-electron chi connectivity index (χ0n) is 15.7. The molecule has 3 rings (SSSR count). The zero-order valence-corrected chi connectivity index (χ0v) is 15.7. The van der Waals surface area contributed by atoms with E-state index in [-0.39, 0.29) is 11.9 Å². The van der Waals surface area contributed by atoms with Gasteiger partial charge in [-0.2, -0.15) is 5.10 Å². The highest BCUT2D eigenvalue weighted by atomic mass is 19.1. The molecule has 5 nitrogen and oxygen atoms in total. The number of likely N-dealkylation sites (N-methyl/N-ethyl adjacent to an activating group) is 1. The molecule has 1 atom stereocenters. The fraction of sp³-hybridized carbons (Fsp3) is 0.350. The first-order valence-electron chi connectivity index (χ1n) is 8.69. The molecule has 0 spiro atoms. The van der Waals surface area contributed by atoms with Crippen molar-refractivity contribution in [3.63, 3.8) is 0 Å². The average molecular weight is 356 g/mol. The largest absolute Gasteiger partial charge is 0.468 e. The number of furan rings is 1. The second-order valence-electron chi connectivity index (χ2n) is 6.66. The second-order valence-corrected chi connectivity index (χ2v) is 6.66. The first kappa shape index (κ1) is 18.4. The van der Waals surface area contributed by atoms with E-state index in [0.29, 0.717) is 6.54 Å². The molecule has 1 N–H and O–H groups in total. The first-order valence-corrected chi connectivity index (χ1v) is 8.69. The highest BCUT2D eigenvalue weighted by molar-refractivity contribution is 5.37. The van der Waals surface area contributed by atoms with Crippen molar-refractivity contribution in [3.8, 4) is 5.69 Å². The van der Waals surface area contributed by atoms with E-state index in [4.69, 9.17) is 4.42 Å². The van der Waals surface area contributed by atoms with Crippen LogP contribution in [0.4, 0.5) is 4.39 Å². The van der Waals surface area contributed by atoms with Crippen molar-refractivity contribution in [2.45, 2.75) is 26.4 Å². The van der Waals surface area contributed by atoms with Gasteiger partial charge in [-0.25, -0.2) is 9.07 Å². The lowest BCUT2D eigenvalue weighted by Crippen LogP contribution is -2.30. The topological polar surface area (TPSA) is 46.2 Å². The minimum absolute atomic E-state index is 0.165. The Morgan fingerprint density at radius 3 is 2.54 bits per heavy atom. The van der Waals surface area contributed by atoms with Crippen molar-refractivity contribution in [3.05, 3.63) is 71.2 Å². The highest BCUT2D eigenvalue weighted by Crippen LogP contribution is 2.20.